The van der Waals surface area contributed by atoms with E-state index in [4.69, 9.17) is 20.2 Å². The second-order valence-corrected chi connectivity index (χ2v) is 7.50. The molecule has 0 spiro atoms. The molecule has 12 nitrogen and oxygen atoms in total. The molecular weight excluding hydrogens is 434 g/mol. The third-order valence-electron chi connectivity index (χ3n) is 4.60. The van der Waals surface area contributed by atoms with Crippen LogP contribution in [0.5, 0.6) is 0 Å². The van der Waals surface area contributed by atoms with Crippen LogP contribution in [0.2, 0.25) is 0 Å². The molecule has 0 bridgehead atoms. The number of carboxylic acids is 1. The number of ketones is 1. The van der Waals surface area contributed by atoms with Crippen molar-refractivity contribution in [3.05, 3.63) is 53.2 Å². The van der Waals surface area contributed by atoms with Crippen LogP contribution in [0, 0.1) is 5.92 Å². The van der Waals surface area contributed by atoms with Crippen LogP contribution in [0.3, 0.4) is 0 Å². The van der Waals surface area contributed by atoms with Crippen LogP contribution < -0.4 is 16.1 Å². The lowest BCUT2D eigenvalue weighted by atomic mass is 10.0. The number of nitrogens with zero attached hydrogens (tertiary/aromatic N) is 2. The number of hydrogen-bond acceptors (Lipinski definition) is 7. The number of nitrogens with one attached hydrogen (secondary N) is 3. The number of alkyl carbamates (subject to hydrolysis) is 1. The maximum absolute atomic E-state index is 12.5. The maximum Gasteiger partial charge on any atom is 0.408 e. The molecule has 1 aliphatic rings. The van der Waals surface area contributed by atoms with Gasteiger partial charge in [-0.05, 0) is 17.6 Å². The van der Waals surface area contributed by atoms with Crippen LogP contribution in [-0.2, 0) is 30.6 Å². The number of aliphatic carboxylic acids is 1. The highest BCUT2D eigenvalue weighted by Crippen LogP contribution is 2.17. The highest BCUT2D eigenvalue weighted by atomic mass is 16.7. The summed E-state index contributed by atoms with van der Waals surface area (Å²) >= 11 is 0. The molecule has 0 aromatic heterocycles. The molecule has 2 rings (SSSR count). The Morgan fingerprint density at radius 3 is 2.55 bits per heavy atom. The van der Waals surface area contributed by atoms with Gasteiger partial charge in [-0.2, -0.15) is 4.79 Å². The zero-order valence-electron chi connectivity index (χ0n) is 18.1. The third-order valence-corrected chi connectivity index (χ3v) is 4.60. The van der Waals surface area contributed by atoms with Crippen molar-refractivity contribution in [2.24, 2.45) is 5.92 Å². The van der Waals surface area contributed by atoms with Crippen LogP contribution in [0.1, 0.15) is 25.8 Å². The molecule has 0 fully saturated rings. The van der Waals surface area contributed by atoms with E-state index in [1.54, 1.807) is 0 Å². The predicted molar refractivity (Wildman–Crippen MR) is 113 cm³/mol. The number of carboxylic acid groups (broad SMARTS) is 1. The minimum atomic E-state index is -1.45. The van der Waals surface area contributed by atoms with E-state index in [1.165, 1.54) is 6.08 Å². The number of carbonyl (C=O) groups excluding carboxylic acids is 3. The minimum absolute atomic E-state index is 0.0850. The topological polar surface area (TPSA) is 179 Å². The fourth-order valence-corrected chi connectivity index (χ4v) is 2.95. The largest absolute Gasteiger partial charge is 0.481 e. The Hall–Kier alpha value is -4.02. The van der Waals surface area contributed by atoms with E-state index in [0.717, 1.165) is 5.56 Å². The number of Topliss-reactive ketones (excluding diaryl/α,β-unsaturated/α-hetero) is 1. The quantitative estimate of drug-likeness (QED) is 0.210. The smallest absolute Gasteiger partial charge is 0.408 e. The summed E-state index contributed by atoms with van der Waals surface area (Å²) in [7, 11) is 0. The molecule has 1 aromatic rings. The molecule has 0 aliphatic carbocycles. The van der Waals surface area contributed by atoms with Crippen LogP contribution in [-0.4, -0.2) is 58.1 Å². The number of benzene rings is 1. The van der Waals surface area contributed by atoms with Gasteiger partial charge < -0.3 is 26.0 Å². The van der Waals surface area contributed by atoms with E-state index in [2.05, 4.69) is 20.9 Å². The van der Waals surface area contributed by atoms with Gasteiger partial charge in [0.2, 0.25) is 0 Å². The van der Waals surface area contributed by atoms with Gasteiger partial charge in [0, 0.05) is 0 Å². The van der Waals surface area contributed by atoms with Gasteiger partial charge in [0.25, 0.3) is 11.7 Å². The molecule has 12 heteroatoms. The van der Waals surface area contributed by atoms with Gasteiger partial charge in [0.15, 0.2) is 6.10 Å². The van der Waals surface area contributed by atoms with Gasteiger partial charge in [-0.1, -0.05) is 44.2 Å². The first-order valence-electron chi connectivity index (χ1n) is 10.0. The van der Waals surface area contributed by atoms with Crippen molar-refractivity contribution in [1.82, 2.24) is 16.1 Å². The van der Waals surface area contributed by atoms with Crippen molar-refractivity contribution in [3.63, 3.8) is 0 Å². The van der Waals surface area contributed by atoms with Gasteiger partial charge in [0.1, 0.15) is 12.6 Å². The third kappa shape index (κ3) is 7.87. The SMILES string of the molecule is CC(C)[C@H](NC(=O)OCc1ccccc1)C1=CC(C(=O)N[C@@H](CC(=O)O)C(=O)C=[N+]=[N-])ON1. The Morgan fingerprint density at radius 2 is 1.94 bits per heavy atom. The number of hydrogen-bond donors (Lipinski definition) is 4. The Morgan fingerprint density at radius 1 is 1.24 bits per heavy atom. The second kappa shape index (κ2) is 12.1. The van der Waals surface area contributed by atoms with Crippen molar-refractivity contribution in [2.75, 3.05) is 0 Å². The predicted octanol–water partition coefficient (Wildman–Crippen LogP) is 0.554. The molecule has 1 aliphatic heterocycles. The Labute approximate surface area is 189 Å². The van der Waals surface area contributed by atoms with E-state index in [1.807, 2.05) is 44.2 Å². The molecule has 1 unspecified atom stereocenters. The summed E-state index contributed by atoms with van der Waals surface area (Å²) in [6, 6.07) is 7.12. The Balaban J connectivity index is 2.01. The zero-order chi connectivity index (χ0) is 24.4. The lowest BCUT2D eigenvalue weighted by molar-refractivity contribution is -0.140. The summed E-state index contributed by atoms with van der Waals surface area (Å²) in [5, 5.41) is 13.9. The zero-order valence-corrected chi connectivity index (χ0v) is 18.1. The van der Waals surface area contributed by atoms with Gasteiger partial charge >= 0.3 is 18.3 Å². The first-order chi connectivity index (χ1) is 15.7. The number of rotatable bonds is 11. The first-order valence-corrected chi connectivity index (χ1v) is 10.0. The van der Waals surface area contributed by atoms with Crippen LogP contribution >= 0.6 is 0 Å². The Kier molecular flexibility index (Phi) is 9.28. The number of amides is 2. The minimum Gasteiger partial charge on any atom is -0.481 e. The molecular formula is C21H25N5O7. The fourth-order valence-electron chi connectivity index (χ4n) is 2.95. The lowest BCUT2D eigenvalue weighted by Crippen LogP contribution is -2.47. The van der Waals surface area contributed by atoms with Crippen molar-refractivity contribution < 1.29 is 38.6 Å². The molecule has 0 radical (unpaired) electrons. The van der Waals surface area contributed by atoms with E-state index < -0.39 is 48.4 Å². The van der Waals surface area contributed by atoms with Crippen molar-refractivity contribution in [2.45, 2.75) is 45.1 Å². The molecule has 33 heavy (non-hydrogen) atoms. The van der Waals surface area contributed by atoms with Gasteiger partial charge in [-0.3, -0.25) is 24.7 Å². The molecule has 4 N–H and O–H groups in total. The number of carbonyl (C=O) groups is 4. The molecule has 1 heterocycles. The molecule has 3 atom stereocenters. The Bertz CT molecular complexity index is 957. The summed E-state index contributed by atoms with van der Waals surface area (Å²) in [4.78, 5) is 55.3. The molecule has 0 saturated carbocycles. The summed E-state index contributed by atoms with van der Waals surface area (Å²) in [6.07, 6.45) is -0.665. The highest BCUT2D eigenvalue weighted by molar-refractivity contribution is 6.28. The van der Waals surface area contributed by atoms with Crippen molar-refractivity contribution in [1.29, 1.82) is 0 Å². The fraction of sp³-hybridized carbons (Fsp3) is 0.381. The van der Waals surface area contributed by atoms with E-state index in [0.29, 0.717) is 11.9 Å². The van der Waals surface area contributed by atoms with Gasteiger partial charge in [-0.15, -0.1) is 0 Å². The number of hydroxylamine groups is 1. The lowest BCUT2D eigenvalue weighted by Gasteiger charge is -2.23. The summed E-state index contributed by atoms with van der Waals surface area (Å²) in [6.45, 7) is 3.77. The first kappa shape index (κ1) is 25.2. The standard InChI is InChI=1S/C21H25N5O7/c1-12(2)19(25-21(31)32-11-13-6-4-3-5-7-13)15-8-17(33-26-15)20(30)24-14(9-18(28)29)16(27)10-23-22/h3-8,10,12,14,17,19,26H,9,11H2,1-2H3,(H,24,30)(H,25,31)(H,28,29)/t14-,17?,19-/m0/s1. The van der Waals surface area contributed by atoms with Crippen LogP contribution in [0.4, 0.5) is 4.79 Å². The van der Waals surface area contributed by atoms with Crippen LogP contribution in [0.15, 0.2) is 42.1 Å². The molecule has 0 saturated heterocycles. The van der Waals surface area contributed by atoms with E-state index in [-0.39, 0.29) is 12.5 Å². The number of ether oxygens (including phenoxy) is 1. The van der Waals surface area contributed by atoms with Crippen molar-refractivity contribution in [3.8, 4) is 0 Å². The second-order valence-electron chi connectivity index (χ2n) is 7.50. The summed E-state index contributed by atoms with van der Waals surface area (Å²) in [5.41, 5.74) is 12.3. The van der Waals surface area contributed by atoms with E-state index >= 15 is 0 Å². The van der Waals surface area contributed by atoms with Crippen LogP contribution in [0.25, 0.3) is 5.53 Å². The highest BCUT2D eigenvalue weighted by Gasteiger charge is 2.33. The molecule has 1 aromatic carbocycles. The molecule has 2 amide bonds. The average molecular weight is 459 g/mol. The average Bonchev–Trinajstić information content (AvgIpc) is 3.26. The summed E-state index contributed by atoms with van der Waals surface area (Å²) < 4.78 is 5.23. The van der Waals surface area contributed by atoms with Crippen molar-refractivity contribution >= 4 is 30.0 Å². The maximum atomic E-state index is 12.5. The normalized spacial score (nSPS) is 16.5. The monoisotopic (exact) mass is 459 g/mol. The molecule has 176 valence electrons. The van der Waals surface area contributed by atoms with E-state index in [9.17, 15) is 19.2 Å². The van der Waals surface area contributed by atoms with Gasteiger partial charge in [-0.25, -0.2) is 4.79 Å². The summed E-state index contributed by atoms with van der Waals surface area (Å²) in [5.74, 6) is -3.13. The van der Waals surface area contributed by atoms with Gasteiger partial charge in [0.05, 0.1) is 18.2 Å².